The molecule has 6 heteroatoms. The van der Waals surface area contributed by atoms with E-state index in [1.54, 1.807) is 23.0 Å². The number of rotatable bonds is 4. The quantitative estimate of drug-likeness (QED) is 0.742. The highest BCUT2D eigenvalue weighted by molar-refractivity contribution is 7.90. The smallest absolute Gasteiger partial charge is 0.175 e. The Kier molecular flexibility index (Phi) is 3.68. The molecule has 0 aliphatic rings. The lowest BCUT2D eigenvalue weighted by Crippen LogP contribution is -1.96. The average Bonchev–Trinajstić information content (AvgIpc) is 3.02. The van der Waals surface area contributed by atoms with Crippen LogP contribution in [0.4, 0.5) is 0 Å². The van der Waals surface area contributed by atoms with E-state index in [2.05, 4.69) is 5.10 Å². The molecule has 3 aromatic rings. The minimum atomic E-state index is -3.19. The number of hydrogen-bond acceptors (Lipinski definition) is 4. The average molecular weight is 314 g/mol. The van der Waals surface area contributed by atoms with Crippen LogP contribution in [0.1, 0.15) is 0 Å². The van der Waals surface area contributed by atoms with Crippen molar-refractivity contribution in [3.05, 3.63) is 67.0 Å². The molecule has 0 N–H and O–H groups in total. The fourth-order valence-corrected chi connectivity index (χ4v) is 2.61. The molecule has 0 aliphatic carbocycles. The lowest BCUT2D eigenvalue weighted by Gasteiger charge is -2.07. The second-order valence-electron chi connectivity index (χ2n) is 4.79. The Morgan fingerprint density at radius 1 is 0.955 bits per heavy atom. The number of nitrogens with zero attached hydrogens (tertiary/aromatic N) is 2. The van der Waals surface area contributed by atoms with Crippen molar-refractivity contribution in [2.45, 2.75) is 4.90 Å². The third kappa shape index (κ3) is 3.17. The lowest BCUT2D eigenvalue weighted by molar-refractivity contribution is 0.482. The lowest BCUT2D eigenvalue weighted by atomic mass is 10.3. The molecule has 112 valence electrons. The zero-order valence-corrected chi connectivity index (χ0v) is 12.7. The van der Waals surface area contributed by atoms with E-state index in [-0.39, 0.29) is 4.90 Å². The third-order valence-electron chi connectivity index (χ3n) is 3.09. The standard InChI is InChI=1S/C16H14N2O3S/c1-22(19,20)16-9-7-15(8-10-16)21-14-5-3-13(4-6-14)18-12-2-11-17-18/h2-12H,1H3. The number of aromatic nitrogens is 2. The molecule has 0 saturated carbocycles. The van der Waals surface area contributed by atoms with Crippen LogP contribution in [0.2, 0.25) is 0 Å². The summed E-state index contributed by atoms with van der Waals surface area (Å²) in [6.45, 7) is 0. The van der Waals surface area contributed by atoms with Gasteiger partial charge in [0.2, 0.25) is 0 Å². The number of benzene rings is 2. The molecular weight excluding hydrogens is 300 g/mol. The molecule has 0 radical (unpaired) electrons. The Bertz CT molecular complexity index is 853. The van der Waals surface area contributed by atoms with Crippen molar-refractivity contribution < 1.29 is 13.2 Å². The highest BCUT2D eigenvalue weighted by Crippen LogP contribution is 2.23. The van der Waals surface area contributed by atoms with Crippen LogP contribution >= 0.6 is 0 Å². The molecule has 22 heavy (non-hydrogen) atoms. The van der Waals surface area contributed by atoms with Gasteiger partial charge in [-0.2, -0.15) is 5.10 Å². The zero-order chi connectivity index (χ0) is 15.6. The van der Waals surface area contributed by atoms with Crippen LogP contribution in [0.15, 0.2) is 71.9 Å². The van der Waals surface area contributed by atoms with Gasteiger partial charge in [-0.1, -0.05) is 0 Å². The molecule has 0 saturated heterocycles. The van der Waals surface area contributed by atoms with Gasteiger partial charge >= 0.3 is 0 Å². The minimum Gasteiger partial charge on any atom is -0.457 e. The summed E-state index contributed by atoms with van der Waals surface area (Å²) < 4.78 is 30.3. The van der Waals surface area contributed by atoms with Crippen molar-refractivity contribution in [3.8, 4) is 17.2 Å². The van der Waals surface area contributed by atoms with E-state index in [1.165, 1.54) is 18.4 Å². The van der Waals surface area contributed by atoms with Crippen molar-refractivity contribution in [2.75, 3.05) is 6.26 Å². The van der Waals surface area contributed by atoms with Crippen LogP contribution < -0.4 is 4.74 Å². The van der Waals surface area contributed by atoms with Crippen LogP contribution in [0, 0.1) is 0 Å². The maximum Gasteiger partial charge on any atom is 0.175 e. The van der Waals surface area contributed by atoms with Crippen molar-refractivity contribution >= 4 is 9.84 Å². The molecule has 0 aliphatic heterocycles. The SMILES string of the molecule is CS(=O)(=O)c1ccc(Oc2ccc(-n3cccn3)cc2)cc1. The Morgan fingerprint density at radius 3 is 2.05 bits per heavy atom. The van der Waals surface area contributed by atoms with E-state index in [0.717, 1.165) is 5.69 Å². The first-order chi connectivity index (χ1) is 10.5. The number of hydrogen-bond donors (Lipinski definition) is 0. The Morgan fingerprint density at radius 2 is 1.55 bits per heavy atom. The van der Waals surface area contributed by atoms with Gasteiger partial charge < -0.3 is 4.74 Å². The van der Waals surface area contributed by atoms with Crippen molar-refractivity contribution in [2.24, 2.45) is 0 Å². The molecule has 0 unspecified atom stereocenters. The van der Waals surface area contributed by atoms with Crippen LogP contribution in [0.25, 0.3) is 5.69 Å². The van der Waals surface area contributed by atoms with E-state index < -0.39 is 9.84 Å². The van der Waals surface area contributed by atoms with E-state index in [4.69, 9.17) is 4.74 Å². The third-order valence-corrected chi connectivity index (χ3v) is 4.22. The van der Waals surface area contributed by atoms with E-state index in [1.807, 2.05) is 36.5 Å². The van der Waals surface area contributed by atoms with Crippen molar-refractivity contribution in [1.82, 2.24) is 9.78 Å². The van der Waals surface area contributed by atoms with Gasteiger partial charge in [-0.05, 0) is 54.6 Å². The number of sulfone groups is 1. The monoisotopic (exact) mass is 314 g/mol. The van der Waals surface area contributed by atoms with Crippen LogP contribution in [-0.4, -0.2) is 24.5 Å². The molecule has 5 nitrogen and oxygen atoms in total. The number of ether oxygens (including phenoxy) is 1. The predicted molar refractivity (Wildman–Crippen MR) is 83.2 cm³/mol. The topological polar surface area (TPSA) is 61.2 Å². The first-order valence-corrected chi connectivity index (χ1v) is 8.49. The molecule has 1 aromatic heterocycles. The summed E-state index contributed by atoms with van der Waals surface area (Å²) in [5.41, 5.74) is 0.935. The first-order valence-electron chi connectivity index (χ1n) is 6.60. The van der Waals surface area contributed by atoms with Gasteiger partial charge in [0.1, 0.15) is 11.5 Å². The van der Waals surface area contributed by atoms with Crippen LogP contribution in [0.5, 0.6) is 11.5 Å². The van der Waals surface area contributed by atoms with Gasteiger partial charge in [-0.15, -0.1) is 0 Å². The van der Waals surface area contributed by atoms with Gasteiger partial charge in [0.05, 0.1) is 10.6 Å². The summed E-state index contributed by atoms with van der Waals surface area (Å²) in [6, 6.07) is 15.7. The van der Waals surface area contributed by atoms with Crippen molar-refractivity contribution in [1.29, 1.82) is 0 Å². The molecule has 1 heterocycles. The highest BCUT2D eigenvalue weighted by Gasteiger charge is 2.07. The van der Waals surface area contributed by atoms with Gasteiger partial charge in [-0.3, -0.25) is 0 Å². The van der Waals surface area contributed by atoms with Crippen LogP contribution in [0.3, 0.4) is 0 Å². The molecule has 0 bridgehead atoms. The molecule has 0 amide bonds. The molecule has 0 spiro atoms. The van der Waals surface area contributed by atoms with Gasteiger partial charge in [0.25, 0.3) is 0 Å². The normalized spacial score (nSPS) is 11.3. The zero-order valence-electron chi connectivity index (χ0n) is 11.9. The maximum absolute atomic E-state index is 11.4. The molecule has 3 rings (SSSR count). The summed E-state index contributed by atoms with van der Waals surface area (Å²) in [6.07, 6.45) is 4.75. The summed E-state index contributed by atoms with van der Waals surface area (Å²) >= 11 is 0. The molecule has 2 aromatic carbocycles. The van der Waals surface area contributed by atoms with Gasteiger partial charge in [-0.25, -0.2) is 13.1 Å². The summed E-state index contributed by atoms with van der Waals surface area (Å²) in [5, 5.41) is 4.15. The fraction of sp³-hybridized carbons (Fsp3) is 0.0625. The fourth-order valence-electron chi connectivity index (χ4n) is 1.98. The summed E-state index contributed by atoms with van der Waals surface area (Å²) in [7, 11) is -3.19. The Hall–Kier alpha value is -2.60. The van der Waals surface area contributed by atoms with E-state index in [9.17, 15) is 8.42 Å². The molecular formula is C16H14N2O3S. The second-order valence-corrected chi connectivity index (χ2v) is 6.81. The Labute approximate surface area is 128 Å². The van der Waals surface area contributed by atoms with Crippen LogP contribution in [-0.2, 0) is 9.84 Å². The molecule has 0 fully saturated rings. The molecule has 0 atom stereocenters. The maximum atomic E-state index is 11.4. The highest BCUT2D eigenvalue weighted by atomic mass is 32.2. The van der Waals surface area contributed by atoms with E-state index in [0.29, 0.717) is 11.5 Å². The van der Waals surface area contributed by atoms with Crippen molar-refractivity contribution in [3.63, 3.8) is 0 Å². The minimum absolute atomic E-state index is 0.272. The predicted octanol–water partition coefficient (Wildman–Crippen LogP) is 3.07. The second kappa shape index (κ2) is 5.65. The largest absolute Gasteiger partial charge is 0.457 e. The van der Waals surface area contributed by atoms with E-state index >= 15 is 0 Å². The summed E-state index contributed by atoms with van der Waals surface area (Å²) in [4.78, 5) is 0.272. The van der Waals surface area contributed by atoms with Gasteiger partial charge in [0.15, 0.2) is 9.84 Å². The first kappa shape index (κ1) is 14.3. The summed E-state index contributed by atoms with van der Waals surface area (Å²) in [5.74, 6) is 1.25. The van der Waals surface area contributed by atoms with Gasteiger partial charge in [0, 0.05) is 18.6 Å². The Balaban J connectivity index is 1.76.